The van der Waals surface area contributed by atoms with Crippen molar-refractivity contribution in [3.05, 3.63) is 16.9 Å². The van der Waals surface area contributed by atoms with E-state index < -0.39 is 0 Å². The fourth-order valence-electron chi connectivity index (χ4n) is 2.20. The Morgan fingerprint density at radius 1 is 1.32 bits per heavy atom. The molecular formula is C14H22BrN3O. The molecule has 1 saturated heterocycles. The third kappa shape index (κ3) is 5.07. The van der Waals surface area contributed by atoms with E-state index in [4.69, 9.17) is 4.74 Å². The van der Waals surface area contributed by atoms with Gasteiger partial charge in [-0.2, -0.15) is 0 Å². The summed E-state index contributed by atoms with van der Waals surface area (Å²) in [5.41, 5.74) is 0. The maximum Gasteiger partial charge on any atom is 0.316 e. The van der Waals surface area contributed by atoms with E-state index >= 15 is 0 Å². The highest BCUT2D eigenvalue weighted by Gasteiger charge is 2.21. The molecule has 0 radical (unpaired) electrons. The third-order valence-electron chi connectivity index (χ3n) is 3.43. The van der Waals surface area contributed by atoms with Crippen molar-refractivity contribution in [3.8, 4) is 6.01 Å². The molecule has 1 aromatic rings. The van der Waals surface area contributed by atoms with Gasteiger partial charge in [-0.05, 0) is 47.7 Å². The first-order valence-corrected chi connectivity index (χ1v) is 7.79. The number of halogens is 1. The SMILES string of the molecule is CC(C)CCN1CCC(Oc2ncc(Br)cn2)CC1. The van der Waals surface area contributed by atoms with Gasteiger partial charge in [0.05, 0.1) is 4.47 Å². The summed E-state index contributed by atoms with van der Waals surface area (Å²) in [5, 5.41) is 0. The Kier molecular flexibility index (Phi) is 5.58. The molecule has 1 aliphatic heterocycles. The Labute approximate surface area is 123 Å². The highest BCUT2D eigenvalue weighted by atomic mass is 79.9. The zero-order valence-electron chi connectivity index (χ0n) is 11.7. The Hall–Kier alpha value is -0.680. The minimum absolute atomic E-state index is 0.261. The molecule has 4 nitrogen and oxygen atoms in total. The van der Waals surface area contributed by atoms with Crippen LogP contribution in [0.25, 0.3) is 0 Å². The molecule has 0 bridgehead atoms. The Balaban J connectivity index is 1.72. The minimum Gasteiger partial charge on any atom is -0.460 e. The molecule has 19 heavy (non-hydrogen) atoms. The molecule has 0 aromatic carbocycles. The van der Waals surface area contributed by atoms with Gasteiger partial charge in [0.2, 0.25) is 0 Å². The van der Waals surface area contributed by atoms with Crippen LogP contribution >= 0.6 is 15.9 Å². The summed E-state index contributed by atoms with van der Waals surface area (Å²) in [6.07, 6.45) is 7.12. The van der Waals surface area contributed by atoms with Crippen molar-refractivity contribution in [2.24, 2.45) is 5.92 Å². The smallest absolute Gasteiger partial charge is 0.316 e. The lowest BCUT2D eigenvalue weighted by molar-refractivity contribution is 0.0904. The first-order chi connectivity index (χ1) is 9.13. The van der Waals surface area contributed by atoms with Crippen LogP contribution in [-0.2, 0) is 0 Å². The van der Waals surface area contributed by atoms with Crippen molar-refractivity contribution in [2.75, 3.05) is 19.6 Å². The maximum atomic E-state index is 5.81. The first kappa shape index (κ1) is 14.7. The molecular weight excluding hydrogens is 306 g/mol. The number of ether oxygens (including phenoxy) is 1. The highest BCUT2D eigenvalue weighted by Crippen LogP contribution is 2.17. The van der Waals surface area contributed by atoms with Gasteiger partial charge in [0.15, 0.2) is 0 Å². The van der Waals surface area contributed by atoms with Gasteiger partial charge in [-0.25, -0.2) is 9.97 Å². The molecule has 5 heteroatoms. The van der Waals surface area contributed by atoms with Gasteiger partial charge >= 0.3 is 6.01 Å². The summed E-state index contributed by atoms with van der Waals surface area (Å²) in [5.74, 6) is 0.783. The molecule has 0 saturated carbocycles. The minimum atomic E-state index is 0.261. The predicted molar refractivity (Wildman–Crippen MR) is 79.3 cm³/mol. The number of nitrogens with zero attached hydrogens (tertiary/aromatic N) is 3. The largest absolute Gasteiger partial charge is 0.460 e. The quantitative estimate of drug-likeness (QED) is 0.832. The predicted octanol–water partition coefficient (Wildman–Crippen LogP) is 3.13. The number of aromatic nitrogens is 2. The Morgan fingerprint density at radius 3 is 2.53 bits per heavy atom. The summed E-state index contributed by atoms with van der Waals surface area (Å²) in [7, 11) is 0. The number of likely N-dealkylation sites (tertiary alicyclic amines) is 1. The van der Waals surface area contributed by atoms with Crippen molar-refractivity contribution in [3.63, 3.8) is 0 Å². The number of hydrogen-bond acceptors (Lipinski definition) is 4. The fourth-order valence-corrected chi connectivity index (χ4v) is 2.41. The number of piperidine rings is 1. The molecule has 2 heterocycles. The average molecular weight is 328 g/mol. The average Bonchev–Trinajstić information content (AvgIpc) is 2.40. The van der Waals surface area contributed by atoms with E-state index in [-0.39, 0.29) is 6.10 Å². The zero-order chi connectivity index (χ0) is 13.7. The molecule has 0 amide bonds. The van der Waals surface area contributed by atoms with Crippen molar-refractivity contribution >= 4 is 15.9 Å². The van der Waals surface area contributed by atoms with Gasteiger partial charge in [0.1, 0.15) is 6.10 Å². The van der Waals surface area contributed by atoms with E-state index in [2.05, 4.69) is 44.6 Å². The standard InChI is InChI=1S/C14H22BrN3O/c1-11(2)3-6-18-7-4-13(5-8-18)19-14-16-9-12(15)10-17-14/h9-11,13H,3-8H2,1-2H3. The Bertz CT molecular complexity index is 375. The molecule has 0 atom stereocenters. The second-order valence-corrected chi connectivity index (χ2v) is 6.44. The molecule has 0 unspecified atom stereocenters. The van der Waals surface area contributed by atoms with E-state index in [1.54, 1.807) is 12.4 Å². The van der Waals surface area contributed by atoms with Gasteiger partial charge in [-0.15, -0.1) is 0 Å². The number of rotatable bonds is 5. The lowest BCUT2D eigenvalue weighted by Crippen LogP contribution is -2.39. The maximum absolute atomic E-state index is 5.81. The van der Waals surface area contributed by atoms with Crippen LogP contribution in [0.1, 0.15) is 33.1 Å². The van der Waals surface area contributed by atoms with Gasteiger partial charge in [0, 0.05) is 25.5 Å². The molecule has 0 N–H and O–H groups in total. The van der Waals surface area contributed by atoms with Gasteiger partial charge in [0.25, 0.3) is 0 Å². The van der Waals surface area contributed by atoms with Crippen LogP contribution in [0.2, 0.25) is 0 Å². The van der Waals surface area contributed by atoms with Crippen LogP contribution in [0, 0.1) is 5.92 Å². The summed E-state index contributed by atoms with van der Waals surface area (Å²) in [4.78, 5) is 10.8. The van der Waals surface area contributed by atoms with Crippen LogP contribution in [0.5, 0.6) is 6.01 Å². The molecule has 0 aliphatic carbocycles. The van der Waals surface area contributed by atoms with E-state index in [9.17, 15) is 0 Å². The lowest BCUT2D eigenvalue weighted by Gasteiger charge is -2.31. The first-order valence-electron chi connectivity index (χ1n) is 7.00. The van der Waals surface area contributed by atoms with Crippen molar-refractivity contribution in [2.45, 2.75) is 39.2 Å². The summed E-state index contributed by atoms with van der Waals surface area (Å²) < 4.78 is 6.69. The second kappa shape index (κ2) is 7.20. The van der Waals surface area contributed by atoms with Crippen LogP contribution in [-0.4, -0.2) is 40.6 Å². The van der Waals surface area contributed by atoms with Gasteiger partial charge in [-0.1, -0.05) is 13.8 Å². The number of hydrogen-bond donors (Lipinski definition) is 0. The van der Waals surface area contributed by atoms with Gasteiger partial charge < -0.3 is 9.64 Å². The monoisotopic (exact) mass is 327 g/mol. The summed E-state index contributed by atoms with van der Waals surface area (Å²) >= 11 is 3.32. The molecule has 1 aliphatic rings. The Morgan fingerprint density at radius 2 is 1.95 bits per heavy atom. The third-order valence-corrected chi connectivity index (χ3v) is 3.84. The van der Waals surface area contributed by atoms with Crippen molar-refractivity contribution in [1.29, 1.82) is 0 Å². The van der Waals surface area contributed by atoms with Crippen molar-refractivity contribution in [1.82, 2.24) is 14.9 Å². The zero-order valence-corrected chi connectivity index (χ0v) is 13.3. The second-order valence-electron chi connectivity index (χ2n) is 5.53. The molecule has 0 spiro atoms. The molecule has 1 aromatic heterocycles. The molecule has 106 valence electrons. The normalized spacial score (nSPS) is 17.9. The molecule has 2 rings (SSSR count). The molecule has 1 fully saturated rings. The van der Waals surface area contributed by atoms with Crippen LogP contribution in [0.3, 0.4) is 0 Å². The highest BCUT2D eigenvalue weighted by molar-refractivity contribution is 9.10. The van der Waals surface area contributed by atoms with E-state index in [0.29, 0.717) is 6.01 Å². The van der Waals surface area contributed by atoms with Crippen LogP contribution in [0.15, 0.2) is 16.9 Å². The lowest BCUT2D eigenvalue weighted by atomic mass is 10.1. The van der Waals surface area contributed by atoms with E-state index in [1.807, 2.05) is 0 Å². The van der Waals surface area contributed by atoms with E-state index in [1.165, 1.54) is 13.0 Å². The van der Waals surface area contributed by atoms with Crippen molar-refractivity contribution < 1.29 is 4.74 Å². The van der Waals surface area contributed by atoms with E-state index in [0.717, 1.165) is 36.3 Å². The summed E-state index contributed by atoms with van der Waals surface area (Å²) in [6.45, 7) is 8.00. The summed E-state index contributed by atoms with van der Waals surface area (Å²) in [6, 6.07) is 0.490. The topological polar surface area (TPSA) is 38.2 Å². The fraction of sp³-hybridized carbons (Fsp3) is 0.714. The van der Waals surface area contributed by atoms with Gasteiger partial charge in [-0.3, -0.25) is 0 Å². The van der Waals surface area contributed by atoms with Crippen LogP contribution in [0.4, 0.5) is 0 Å². The van der Waals surface area contributed by atoms with Crippen LogP contribution < -0.4 is 4.74 Å².